The lowest BCUT2D eigenvalue weighted by molar-refractivity contribution is 0.0696. The molecular formula is C15H12FNO4. The Bertz CT molecular complexity index is 700. The second-order valence-electron chi connectivity index (χ2n) is 4.29. The van der Waals surface area contributed by atoms with Crippen LogP contribution in [-0.2, 0) is 6.61 Å². The molecule has 0 radical (unpaired) electrons. The van der Waals surface area contributed by atoms with Gasteiger partial charge in [0.05, 0.1) is 5.56 Å². The first-order valence-corrected chi connectivity index (χ1v) is 6.02. The van der Waals surface area contributed by atoms with Gasteiger partial charge < -0.3 is 15.6 Å². The summed E-state index contributed by atoms with van der Waals surface area (Å²) in [5.41, 5.74) is 5.50. The number of carbonyl (C=O) groups excluding carboxylic acids is 1. The Morgan fingerprint density at radius 2 is 1.90 bits per heavy atom. The number of benzene rings is 2. The van der Waals surface area contributed by atoms with Crippen LogP contribution in [0.2, 0.25) is 0 Å². The van der Waals surface area contributed by atoms with Crippen LogP contribution in [0.4, 0.5) is 4.39 Å². The number of rotatable bonds is 5. The number of halogens is 1. The third-order valence-corrected chi connectivity index (χ3v) is 2.81. The first-order chi connectivity index (χ1) is 9.97. The molecule has 0 bridgehead atoms. The van der Waals surface area contributed by atoms with Crippen molar-refractivity contribution < 1.29 is 23.8 Å². The molecule has 2 rings (SSSR count). The molecule has 5 nitrogen and oxygen atoms in total. The van der Waals surface area contributed by atoms with Crippen molar-refractivity contribution in [2.45, 2.75) is 6.61 Å². The van der Waals surface area contributed by atoms with Gasteiger partial charge in [-0.2, -0.15) is 0 Å². The van der Waals surface area contributed by atoms with E-state index in [0.29, 0.717) is 5.75 Å². The maximum atomic E-state index is 13.6. The molecular weight excluding hydrogens is 277 g/mol. The molecule has 21 heavy (non-hydrogen) atoms. The van der Waals surface area contributed by atoms with Crippen LogP contribution in [0.25, 0.3) is 0 Å². The average molecular weight is 289 g/mol. The number of carbonyl (C=O) groups is 2. The first-order valence-electron chi connectivity index (χ1n) is 6.02. The Hall–Kier alpha value is -2.89. The molecule has 0 fully saturated rings. The van der Waals surface area contributed by atoms with Crippen molar-refractivity contribution in [2.24, 2.45) is 5.73 Å². The van der Waals surface area contributed by atoms with Gasteiger partial charge >= 0.3 is 5.97 Å². The molecule has 2 aromatic rings. The fraction of sp³-hybridized carbons (Fsp3) is 0.0667. The predicted octanol–water partition coefficient (Wildman–Crippen LogP) is 2.20. The summed E-state index contributed by atoms with van der Waals surface area (Å²) >= 11 is 0. The highest BCUT2D eigenvalue weighted by Gasteiger charge is 2.09. The van der Waals surface area contributed by atoms with Crippen LogP contribution in [0, 0.1) is 5.82 Å². The highest BCUT2D eigenvalue weighted by molar-refractivity contribution is 5.93. The Morgan fingerprint density at radius 3 is 2.57 bits per heavy atom. The topological polar surface area (TPSA) is 89.6 Å². The standard InChI is InChI=1S/C15H12FNO4/c16-13-5-4-10(15(19)20)6-11(13)8-21-12-3-1-2-9(7-12)14(17)18/h1-7H,8H2,(H2,17,18)(H,19,20). The maximum absolute atomic E-state index is 13.6. The summed E-state index contributed by atoms with van der Waals surface area (Å²) in [5, 5.41) is 8.87. The minimum absolute atomic E-state index is 0.0270. The summed E-state index contributed by atoms with van der Waals surface area (Å²) in [6.45, 7) is -0.158. The number of ether oxygens (including phenoxy) is 1. The van der Waals surface area contributed by atoms with E-state index in [2.05, 4.69) is 0 Å². The normalized spacial score (nSPS) is 10.1. The van der Waals surface area contributed by atoms with E-state index in [4.69, 9.17) is 15.6 Å². The Kier molecular flexibility index (Phi) is 4.18. The van der Waals surface area contributed by atoms with Crippen LogP contribution < -0.4 is 10.5 Å². The van der Waals surface area contributed by atoms with E-state index in [-0.39, 0.29) is 23.3 Å². The number of aromatic carboxylic acids is 1. The molecule has 0 saturated heterocycles. The van der Waals surface area contributed by atoms with Crippen molar-refractivity contribution in [3.05, 3.63) is 65.0 Å². The molecule has 1 amide bonds. The molecule has 0 spiro atoms. The molecule has 0 saturated carbocycles. The molecule has 0 aliphatic carbocycles. The lowest BCUT2D eigenvalue weighted by Crippen LogP contribution is -2.10. The Balaban J connectivity index is 2.16. The summed E-state index contributed by atoms with van der Waals surface area (Å²) < 4.78 is 19.0. The quantitative estimate of drug-likeness (QED) is 0.883. The number of amides is 1. The number of nitrogens with two attached hydrogens (primary N) is 1. The van der Waals surface area contributed by atoms with Gasteiger partial charge in [0, 0.05) is 11.1 Å². The van der Waals surface area contributed by atoms with Crippen molar-refractivity contribution >= 4 is 11.9 Å². The second-order valence-corrected chi connectivity index (χ2v) is 4.29. The van der Waals surface area contributed by atoms with Crippen LogP contribution in [0.1, 0.15) is 26.3 Å². The molecule has 0 aliphatic rings. The highest BCUT2D eigenvalue weighted by Crippen LogP contribution is 2.17. The van der Waals surface area contributed by atoms with Gasteiger partial charge in [-0.25, -0.2) is 9.18 Å². The number of carboxylic acid groups (broad SMARTS) is 1. The Morgan fingerprint density at radius 1 is 1.14 bits per heavy atom. The number of carboxylic acids is 1. The van der Waals surface area contributed by atoms with E-state index >= 15 is 0 Å². The number of hydrogen-bond donors (Lipinski definition) is 2. The van der Waals surface area contributed by atoms with E-state index < -0.39 is 17.7 Å². The second kappa shape index (κ2) is 6.04. The maximum Gasteiger partial charge on any atom is 0.335 e. The lowest BCUT2D eigenvalue weighted by atomic mass is 10.1. The summed E-state index contributed by atoms with van der Waals surface area (Å²) in [6.07, 6.45) is 0. The molecule has 0 aromatic heterocycles. The third kappa shape index (κ3) is 3.56. The van der Waals surface area contributed by atoms with Crippen molar-refractivity contribution in [3.8, 4) is 5.75 Å². The van der Waals surface area contributed by atoms with Crippen LogP contribution >= 0.6 is 0 Å². The molecule has 108 valence electrons. The first kappa shape index (κ1) is 14.5. The third-order valence-electron chi connectivity index (χ3n) is 2.81. The van der Waals surface area contributed by atoms with Gasteiger partial charge in [-0.3, -0.25) is 4.79 Å². The molecule has 3 N–H and O–H groups in total. The van der Waals surface area contributed by atoms with E-state index in [1.165, 1.54) is 24.3 Å². The van der Waals surface area contributed by atoms with E-state index in [0.717, 1.165) is 6.07 Å². The summed E-state index contributed by atoms with van der Waals surface area (Å²) in [4.78, 5) is 21.9. The molecule has 0 unspecified atom stereocenters. The summed E-state index contributed by atoms with van der Waals surface area (Å²) in [6, 6.07) is 9.58. The molecule has 0 aliphatic heterocycles. The van der Waals surface area contributed by atoms with Gasteiger partial charge in [0.2, 0.25) is 5.91 Å². The molecule has 2 aromatic carbocycles. The van der Waals surface area contributed by atoms with Crippen LogP contribution in [0.5, 0.6) is 5.75 Å². The zero-order valence-electron chi connectivity index (χ0n) is 10.9. The van der Waals surface area contributed by atoms with E-state index in [1.807, 2.05) is 0 Å². The van der Waals surface area contributed by atoms with Gasteiger partial charge in [-0.1, -0.05) is 6.07 Å². The van der Waals surface area contributed by atoms with Crippen molar-refractivity contribution in [1.29, 1.82) is 0 Å². The highest BCUT2D eigenvalue weighted by atomic mass is 19.1. The van der Waals surface area contributed by atoms with Gasteiger partial charge in [0.1, 0.15) is 18.2 Å². The number of primary amides is 1. The molecule has 0 heterocycles. The lowest BCUT2D eigenvalue weighted by Gasteiger charge is -2.08. The zero-order chi connectivity index (χ0) is 15.4. The van der Waals surface area contributed by atoms with Crippen molar-refractivity contribution in [2.75, 3.05) is 0 Å². The van der Waals surface area contributed by atoms with Crippen LogP contribution in [0.3, 0.4) is 0 Å². The molecule has 0 atom stereocenters. The Labute approximate surface area is 119 Å². The van der Waals surface area contributed by atoms with Crippen molar-refractivity contribution in [3.63, 3.8) is 0 Å². The number of hydrogen-bond acceptors (Lipinski definition) is 3. The van der Waals surface area contributed by atoms with Gasteiger partial charge in [0.15, 0.2) is 0 Å². The largest absolute Gasteiger partial charge is 0.489 e. The van der Waals surface area contributed by atoms with Crippen LogP contribution in [-0.4, -0.2) is 17.0 Å². The van der Waals surface area contributed by atoms with Crippen molar-refractivity contribution in [1.82, 2.24) is 0 Å². The fourth-order valence-electron chi connectivity index (χ4n) is 1.72. The predicted molar refractivity (Wildman–Crippen MR) is 72.7 cm³/mol. The molecule has 6 heteroatoms. The van der Waals surface area contributed by atoms with Gasteiger partial charge in [-0.05, 0) is 36.4 Å². The summed E-state index contributed by atoms with van der Waals surface area (Å²) in [7, 11) is 0. The SMILES string of the molecule is NC(=O)c1cccc(OCc2cc(C(=O)O)ccc2F)c1. The minimum atomic E-state index is -1.15. The van der Waals surface area contributed by atoms with E-state index in [9.17, 15) is 14.0 Å². The monoisotopic (exact) mass is 289 g/mol. The van der Waals surface area contributed by atoms with Gasteiger partial charge in [-0.15, -0.1) is 0 Å². The average Bonchev–Trinajstić information content (AvgIpc) is 2.46. The zero-order valence-corrected chi connectivity index (χ0v) is 10.9. The van der Waals surface area contributed by atoms with E-state index in [1.54, 1.807) is 12.1 Å². The smallest absolute Gasteiger partial charge is 0.335 e. The van der Waals surface area contributed by atoms with Crippen LogP contribution in [0.15, 0.2) is 42.5 Å². The summed E-state index contributed by atoms with van der Waals surface area (Å²) in [5.74, 6) is -1.97. The fourth-order valence-corrected chi connectivity index (χ4v) is 1.72. The minimum Gasteiger partial charge on any atom is -0.489 e. The van der Waals surface area contributed by atoms with Gasteiger partial charge in [0.25, 0.3) is 0 Å².